The van der Waals surface area contributed by atoms with Crippen LogP contribution < -0.4 is 5.32 Å². The molecule has 0 aliphatic carbocycles. The van der Waals surface area contributed by atoms with Gasteiger partial charge in [0, 0.05) is 6.42 Å². The quantitative estimate of drug-likeness (QED) is 0.0195. The standard InChI is InChI=1S/C64H109NO10/c1-4-7-10-13-16-19-22-25-27-29-31-34-37-40-43-46-49-52-59(69)75-62-61(71)60(70)58(53-66)74-64(62)73-54-55(56(67)50-47-44-41-38-35-32-24-21-18-15-12-9-6-3)65-63(72)57(68)51-48-45-42-39-36-33-30-28-26-23-20-17-14-11-8-5-2/h16-17,19-20,25-28,31,33-34,36,40,43,47,50,55-58,60-62,64,66-68,70-71H,4-15,18,21-24,29-30,32,35,37-39,41-42,44-46,48-49,51-54H2,1-3H3,(H,65,72)/b19-16-,20-17-,27-25-,28-26-,34-31-,36-33-,43-40-,50-47+. The van der Waals surface area contributed by atoms with Crippen LogP contribution in [0.25, 0.3) is 0 Å². The summed E-state index contributed by atoms with van der Waals surface area (Å²) in [4.78, 5) is 26.5. The van der Waals surface area contributed by atoms with Gasteiger partial charge in [0.25, 0.3) is 0 Å². The summed E-state index contributed by atoms with van der Waals surface area (Å²) in [5.41, 5.74) is 0. The molecule has 0 aromatic heterocycles. The van der Waals surface area contributed by atoms with Crippen LogP contribution in [0.5, 0.6) is 0 Å². The van der Waals surface area contributed by atoms with Crippen LogP contribution in [0.1, 0.15) is 233 Å². The van der Waals surface area contributed by atoms with Crippen molar-refractivity contribution in [2.45, 2.75) is 282 Å². The number of carbonyl (C=O) groups excluding carboxylic acids is 2. The van der Waals surface area contributed by atoms with E-state index in [2.05, 4.69) is 99.0 Å². The van der Waals surface area contributed by atoms with Crippen molar-refractivity contribution >= 4 is 11.9 Å². The van der Waals surface area contributed by atoms with Gasteiger partial charge >= 0.3 is 5.97 Å². The number of hydrogen-bond acceptors (Lipinski definition) is 10. The number of aliphatic hydroxyl groups excluding tert-OH is 5. The molecule has 0 saturated carbocycles. The normalized spacial score (nSPS) is 19.9. The first-order chi connectivity index (χ1) is 36.7. The zero-order valence-electron chi connectivity index (χ0n) is 47.4. The number of hydrogen-bond donors (Lipinski definition) is 6. The maximum atomic E-state index is 13.4. The van der Waals surface area contributed by atoms with Gasteiger partial charge in [0.2, 0.25) is 5.91 Å². The van der Waals surface area contributed by atoms with Gasteiger partial charge in [-0.1, -0.05) is 221 Å². The smallest absolute Gasteiger partial charge is 0.306 e. The van der Waals surface area contributed by atoms with Crippen LogP contribution in [0, 0.1) is 0 Å². The number of carbonyl (C=O) groups is 2. The molecule has 8 atom stereocenters. The van der Waals surface area contributed by atoms with E-state index in [4.69, 9.17) is 14.2 Å². The van der Waals surface area contributed by atoms with Crippen LogP contribution in [0.2, 0.25) is 0 Å². The monoisotopic (exact) mass is 1050 g/mol. The third kappa shape index (κ3) is 39.6. The third-order valence-electron chi connectivity index (χ3n) is 13.5. The minimum absolute atomic E-state index is 0.0402. The molecule has 11 heteroatoms. The Morgan fingerprint density at radius 2 is 0.920 bits per heavy atom. The maximum absolute atomic E-state index is 13.4. The predicted molar refractivity (Wildman–Crippen MR) is 310 cm³/mol. The number of allylic oxidation sites excluding steroid dienone is 15. The zero-order valence-corrected chi connectivity index (χ0v) is 47.4. The number of ether oxygens (including phenoxy) is 3. The highest BCUT2D eigenvalue weighted by molar-refractivity contribution is 5.80. The molecule has 1 aliphatic rings. The number of unbranched alkanes of at least 4 members (excludes halogenated alkanes) is 21. The summed E-state index contributed by atoms with van der Waals surface area (Å²) in [7, 11) is 0. The van der Waals surface area contributed by atoms with E-state index in [9.17, 15) is 35.1 Å². The van der Waals surface area contributed by atoms with Crippen LogP contribution in [0.4, 0.5) is 0 Å². The third-order valence-corrected chi connectivity index (χ3v) is 13.5. The Hall–Kier alpha value is -3.42. The number of aliphatic hydroxyl groups is 5. The van der Waals surface area contributed by atoms with Gasteiger partial charge in [-0.05, 0) is 103 Å². The van der Waals surface area contributed by atoms with E-state index in [-0.39, 0.29) is 19.4 Å². The fourth-order valence-electron chi connectivity index (χ4n) is 8.65. The molecule has 0 radical (unpaired) electrons. The minimum atomic E-state index is -1.64. The molecule has 0 aromatic rings. The van der Waals surface area contributed by atoms with Gasteiger partial charge < -0.3 is 45.1 Å². The summed E-state index contributed by atoms with van der Waals surface area (Å²) in [5.74, 6) is -1.28. The van der Waals surface area contributed by atoms with Crippen LogP contribution in [-0.2, 0) is 23.8 Å². The van der Waals surface area contributed by atoms with Crippen molar-refractivity contribution in [2.75, 3.05) is 13.2 Å². The molecule has 430 valence electrons. The van der Waals surface area contributed by atoms with Crippen molar-refractivity contribution in [1.82, 2.24) is 5.32 Å². The lowest BCUT2D eigenvalue weighted by atomic mass is 9.99. The summed E-state index contributed by atoms with van der Waals surface area (Å²) < 4.78 is 17.5. The summed E-state index contributed by atoms with van der Waals surface area (Å²) >= 11 is 0. The zero-order chi connectivity index (χ0) is 54.7. The first-order valence-corrected chi connectivity index (χ1v) is 30.0. The van der Waals surface area contributed by atoms with E-state index < -0.39 is 67.4 Å². The van der Waals surface area contributed by atoms with Crippen molar-refractivity contribution in [3.05, 3.63) is 97.2 Å². The molecular weight excluding hydrogens is 943 g/mol. The molecule has 11 nitrogen and oxygen atoms in total. The lowest BCUT2D eigenvalue weighted by Gasteiger charge is -2.41. The van der Waals surface area contributed by atoms with Crippen molar-refractivity contribution < 1.29 is 49.3 Å². The second kappa shape index (κ2) is 51.3. The molecule has 1 heterocycles. The summed E-state index contributed by atoms with van der Waals surface area (Å²) in [6.45, 7) is 5.67. The molecule has 8 unspecified atom stereocenters. The highest BCUT2D eigenvalue weighted by atomic mass is 16.7. The number of esters is 1. The molecule has 75 heavy (non-hydrogen) atoms. The van der Waals surface area contributed by atoms with Crippen molar-refractivity contribution in [1.29, 1.82) is 0 Å². The topological polar surface area (TPSA) is 175 Å². The Bertz CT molecular complexity index is 1580. The van der Waals surface area contributed by atoms with Crippen molar-refractivity contribution in [3.8, 4) is 0 Å². The van der Waals surface area contributed by atoms with Gasteiger partial charge in [0.1, 0.15) is 24.4 Å². The second-order valence-electron chi connectivity index (χ2n) is 20.4. The SMILES string of the molecule is CCCCC/C=C\C/C=C\C/C=C\C/C=C\CCCC(=O)OC1C(OCC(NC(=O)C(O)CCCCC/C=C\C/C=C\C/C=C\CCCCC)C(O)/C=C/CCCCCCCCCCCCC)OC(CO)C(O)C1O. The number of amides is 1. The van der Waals surface area contributed by atoms with Gasteiger partial charge in [0.05, 0.1) is 25.4 Å². The molecule has 1 fully saturated rings. The summed E-state index contributed by atoms with van der Waals surface area (Å²) in [6.07, 6.45) is 57.3. The van der Waals surface area contributed by atoms with Crippen LogP contribution >= 0.6 is 0 Å². The molecule has 6 N–H and O–H groups in total. The summed E-state index contributed by atoms with van der Waals surface area (Å²) in [5, 5.41) is 56.9. The Kier molecular flexibility index (Phi) is 47.6. The van der Waals surface area contributed by atoms with Crippen LogP contribution in [0.15, 0.2) is 97.2 Å². The van der Waals surface area contributed by atoms with Crippen LogP contribution in [-0.4, -0.2) is 99.6 Å². The van der Waals surface area contributed by atoms with E-state index in [1.807, 2.05) is 18.2 Å². The van der Waals surface area contributed by atoms with Crippen molar-refractivity contribution in [3.63, 3.8) is 0 Å². The molecule has 1 saturated heterocycles. The lowest BCUT2D eigenvalue weighted by Crippen LogP contribution is -2.61. The molecule has 1 aliphatic heterocycles. The Morgan fingerprint density at radius 1 is 0.520 bits per heavy atom. The molecule has 0 spiro atoms. The van der Waals surface area contributed by atoms with Gasteiger partial charge in [-0.3, -0.25) is 9.59 Å². The van der Waals surface area contributed by atoms with Gasteiger partial charge in [-0.2, -0.15) is 0 Å². The van der Waals surface area contributed by atoms with E-state index in [1.54, 1.807) is 6.08 Å². The average molecular weight is 1050 g/mol. The van der Waals surface area contributed by atoms with Gasteiger partial charge in [-0.25, -0.2) is 0 Å². The second-order valence-corrected chi connectivity index (χ2v) is 20.4. The molecule has 0 aromatic carbocycles. The maximum Gasteiger partial charge on any atom is 0.306 e. The lowest BCUT2D eigenvalue weighted by molar-refractivity contribution is -0.305. The fourth-order valence-corrected chi connectivity index (χ4v) is 8.65. The Morgan fingerprint density at radius 3 is 1.40 bits per heavy atom. The highest BCUT2D eigenvalue weighted by Crippen LogP contribution is 2.26. The van der Waals surface area contributed by atoms with E-state index in [0.29, 0.717) is 19.3 Å². The van der Waals surface area contributed by atoms with Crippen molar-refractivity contribution in [2.24, 2.45) is 0 Å². The largest absolute Gasteiger partial charge is 0.454 e. The first kappa shape index (κ1) is 69.6. The molecule has 0 bridgehead atoms. The molecule has 1 rings (SSSR count). The summed E-state index contributed by atoms with van der Waals surface area (Å²) in [6, 6.07) is -1.05. The van der Waals surface area contributed by atoms with Gasteiger partial charge in [-0.15, -0.1) is 0 Å². The predicted octanol–water partition coefficient (Wildman–Crippen LogP) is 13.9. The molecular formula is C64H109NO10. The molecule has 1 amide bonds. The fraction of sp³-hybridized carbons (Fsp3) is 0.719. The number of nitrogens with one attached hydrogen (secondary N) is 1. The van der Waals surface area contributed by atoms with Crippen LogP contribution in [0.3, 0.4) is 0 Å². The van der Waals surface area contributed by atoms with Gasteiger partial charge in [0.15, 0.2) is 12.4 Å². The highest BCUT2D eigenvalue weighted by Gasteiger charge is 2.47. The Labute approximate surface area is 456 Å². The van der Waals surface area contributed by atoms with E-state index in [1.165, 1.54) is 89.9 Å². The minimum Gasteiger partial charge on any atom is -0.454 e. The Balaban J connectivity index is 2.78. The number of rotatable bonds is 49. The average Bonchev–Trinajstić information content (AvgIpc) is 3.41. The first-order valence-electron chi connectivity index (χ1n) is 30.0. The van der Waals surface area contributed by atoms with E-state index in [0.717, 1.165) is 89.9 Å². The van der Waals surface area contributed by atoms with E-state index >= 15 is 0 Å².